The van der Waals surface area contributed by atoms with Crippen molar-refractivity contribution >= 4 is 0 Å². The Labute approximate surface area is 90.0 Å². The lowest BCUT2D eigenvalue weighted by atomic mass is 9.65. The van der Waals surface area contributed by atoms with E-state index in [0.29, 0.717) is 12.8 Å². The Morgan fingerprint density at radius 1 is 0.933 bits per heavy atom. The van der Waals surface area contributed by atoms with Crippen LogP contribution in [0.25, 0.3) is 0 Å². The normalized spacial score (nSPS) is 10.5. The van der Waals surface area contributed by atoms with Crippen molar-refractivity contribution < 1.29 is 0 Å². The SMILES string of the molecule is CC(C)(C#N)C(C#N)(C#N)CCCC#N. The van der Waals surface area contributed by atoms with Gasteiger partial charge in [-0.15, -0.1) is 0 Å². The van der Waals surface area contributed by atoms with Gasteiger partial charge >= 0.3 is 0 Å². The fourth-order valence-corrected chi connectivity index (χ4v) is 1.26. The number of unbranched alkanes of at least 4 members (excludes halogenated alkanes) is 1. The van der Waals surface area contributed by atoms with Crippen LogP contribution in [0.2, 0.25) is 0 Å². The molecule has 0 saturated heterocycles. The van der Waals surface area contributed by atoms with Gasteiger partial charge in [0.25, 0.3) is 0 Å². The summed E-state index contributed by atoms with van der Waals surface area (Å²) in [6.45, 7) is 3.15. The number of rotatable bonds is 4. The quantitative estimate of drug-likeness (QED) is 0.650. The molecule has 76 valence electrons. The Balaban J connectivity index is 4.98. The van der Waals surface area contributed by atoms with E-state index >= 15 is 0 Å². The van der Waals surface area contributed by atoms with Gasteiger partial charge in [0.1, 0.15) is 0 Å². The van der Waals surface area contributed by atoms with E-state index in [9.17, 15) is 0 Å². The van der Waals surface area contributed by atoms with Crippen molar-refractivity contribution in [2.45, 2.75) is 33.1 Å². The van der Waals surface area contributed by atoms with Crippen LogP contribution in [0.5, 0.6) is 0 Å². The highest BCUT2D eigenvalue weighted by Crippen LogP contribution is 2.41. The van der Waals surface area contributed by atoms with Crippen molar-refractivity contribution in [3.63, 3.8) is 0 Å². The average molecular weight is 200 g/mol. The minimum Gasteiger partial charge on any atom is -0.198 e. The highest BCUT2D eigenvalue weighted by molar-refractivity contribution is 5.25. The molecule has 0 rings (SSSR count). The summed E-state index contributed by atoms with van der Waals surface area (Å²) >= 11 is 0. The molecule has 4 nitrogen and oxygen atoms in total. The molecule has 15 heavy (non-hydrogen) atoms. The molecule has 0 radical (unpaired) electrons. The summed E-state index contributed by atoms with van der Waals surface area (Å²) in [5.74, 6) is 0. The summed E-state index contributed by atoms with van der Waals surface area (Å²) < 4.78 is 0. The second-order valence-electron chi connectivity index (χ2n) is 3.88. The van der Waals surface area contributed by atoms with E-state index in [1.54, 1.807) is 13.8 Å². The molecule has 0 saturated carbocycles. The van der Waals surface area contributed by atoms with Gasteiger partial charge < -0.3 is 0 Å². The fraction of sp³-hybridized carbons (Fsp3) is 0.636. The maximum absolute atomic E-state index is 9.04. The van der Waals surface area contributed by atoms with Crippen LogP contribution < -0.4 is 0 Å². The largest absolute Gasteiger partial charge is 0.198 e. The first kappa shape index (κ1) is 13.0. The summed E-state index contributed by atoms with van der Waals surface area (Å²) in [5, 5.41) is 35.4. The average Bonchev–Trinajstić information content (AvgIpc) is 2.24. The van der Waals surface area contributed by atoms with Crippen molar-refractivity contribution in [3.8, 4) is 24.3 Å². The van der Waals surface area contributed by atoms with Crippen LogP contribution in [0.3, 0.4) is 0 Å². The molecule has 0 aromatic heterocycles. The fourth-order valence-electron chi connectivity index (χ4n) is 1.26. The topological polar surface area (TPSA) is 95.2 Å². The molecule has 0 aliphatic rings. The lowest BCUT2D eigenvalue weighted by Gasteiger charge is -2.29. The first-order valence-corrected chi connectivity index (χ1v) is 4.60. The molecule has 0 aromatic carbocycles. The third-order valence-corrected chi connectivity index (χ3v) is 2.57. The van der Waals surface area contributed by atoms with Crippen LogP contribution in [0.15, 0.2) is 0 Å². The van der Waals surface area contributed by atoms with Crippen LogP contribution in [0, 0.1) is 56.2 Å². The molecule has 0 spiro atoms. The first-order chi connectivity index (χ1) is 6.99. The minimum absolute atomic E-state index is 0.258. The van der Waals surface area contributed by atoms with Crippen molar-refractivity contribution in [1.29, 1.82) is 21.0 Å². The van der Waals surface area contributed by atoms with E-state index in [-0.39, 0.29) is 6.42 Å². The Morgan fingerprint density at radius 3 is 1.80 bits per heavy atom. The molecule has 0 aliphatic carbocycles. The Kier molecular flexibility index (Phi) is 4.32. The molecule has 0 aliphatic heterocycles. The van der Waals surface area contributed by atoms with Crippen LogP contribution in [0.4, 0.5) is 0 Å². The highest BCUT2D eigenvalue weighted by Gasteiger charge is 2.46. The van der Waals surface area contributed by atoms with Gasteiger partial charge in [-0.25, -0.2) is 0 Å². The molecule has 0 bridgehead atoms. The highest BCUT2D eigenvalue weighted by atomic mass is 14.5. The van der Waals surface area contributed by atoms with Gasteiger partial charge in [-0.05, 0) is 26.7 Å². The standard InChI is InChI=1S/C11H12N4/c1-10(2,7-13)11(8-14,9-15)5-3-4-6-12/h3-5H2,1-2H3. The van der Waals surface area contributed by atoms with E-state index in [4.69, 9.17) is 21.0 Å². The molecule has 0 unspecified atom stereocenters. The van der Waals surface area contributed by atoms with Gasteiger partial charge in [0, 0.05) is 6.42 Å². The zero-order valence-corrected chi connectivity index (χ0v) is 8.91. The van der Waals surface area contributed by atoms with Gasteiger partial charge in [-0.3, -0.25) is 0 Å². The van der Waals surface area contributed by atoms with E-state index in [1.165, 1.54) is 0 Å². The molecule has 0 atom stereocenters. The predicted molar refractivity (Wildman–Crippen MR) is 52.5 cm³/mol. The monoisotopic (exact) mass is 200 g/mol. The second kappa shape index (κ2) is 4.99. The van der Waals surface area contributed by atoms with Gasteiger partial charge in [0.05, 0.1) is 29.7 Å². The molecular weight excluding hydrogens is 188 g/mol. The Morgan fingerprint density at radius 2 is 1.47 bits per heavy atom. The molecular formula is C11H12N4. The maximum Gasteiger partial charge on any atom is 0.161 e. The van der Waals surface area contributed by atoms with Crippen LogP contribution in [0.1, 0.15) is 33.1 Å². The first-order valence-electron chi connectivity index (χ1n) is 4.60. The Bertz CT molecular complexity index is 367. The summed E-state index contributed by atoms with van der Waals surface area (Å²) in [7, 11) is 0. The number of nitriles is 4. The summed E-state index contributed by atoms with van der Waals surface area (Å²) in [6.07, 6.45) is 1.02. The molecule has 0 heterocycles. The van der Waals surface area contributed by atoms with E-state index in [1.807, 2.05) is 24.3 Å². The Hall–Kier alpha value is -2.04. The lowest BCUT2D eigenvalue weighted by Crippen LogP contribution is -2.34. The third kappa shape index (κ3) is 2.46. The number of hydrogen-bond acceptors (Lipinski definition) is 4. The number of hydrogen-bond donors (Lipinski definition) is 0. The van der Waals surface area contributed by atoms with Crippen LogP contribution in [-0.2, 0) is 0 Å². The molecule has 0 amide bonds. The predicted octanol–water partition coefficient (Wildman–Crippen LogP) is 2.26. The van der Waals surface area contributed by atoms with Gasteiger partial charge in [-0.1, -0.05) is 0 Å². The second-order valence-corrected chi connectivity index (χ2v) is 3.88. The zero-order chi connectivity index (χ0) is 11.9. The molecule has 4 heteroatoms. The minimum atomic E-state index is -1.32. The lowest BCUT2D eigenvalue weighted by molar-refractivity contribution is 0.252. The third-order valence-electron chi connectivity index (χ3n) is 2.57. The van der Waals surface area contributed by atoms with Crippen molar-refractivity contribution in [3.05, 3.63) is 0 Å². The zero-order valence-electron chi connectivity index (χ0n) is 8.91. The van der Waals surface area contributed by atoms with Crippen molar-refractivity contribution in [2.24, 2.45) is 10.8 Å². The molecule has 0 N–H and O–H groups in total. The van der Waals surface area contributed by atoms with E-state index < -0.39 is 10.8 Å². The van der Waals surface area contributed by atoms with Gasteiger partial charge in [0.15, 0.2) is 5.41 Å². The smallest absolute Gasteiger partial charge is 0.161 e. The van der Waals surface area contributed by atoms with E-state index in [2.05, 4.69) is 0 Å². The van der Waals surface area contributed by atoms with Crippen molar-refractivity contribution in [2.75, 3.05) is 0 Å². The van der Waals surface area contributed by atoms with E-state index in [0.717, 1.165) is 0 Å². The van der Waals surface area contributed by atoms with Crippen molar-refractivity contribution in [1.82, 2.24) is 0 Å². The maximum atomic E-state index is 9.04. The van der Waals surface area contributed by atoms with Crippen LogP contribution >= 0.6 is 0 Å². The van der Waals surface area contributed by atoms with Gasteiger partial charge in [-0.2, -0.15) is 21.0 Å². The number of nitrogens with zero attached hydrogens (tertiary/aromatic N) is 4. The van der Waals surface area contributed by atoms with Gasteiger partial charge in [0.2, 0.25) is 0 Å². The van der Waals surface area contributed by atoms with Crippen LogP contribution in [-0.4, -0.2) is 0 Å². The summed E-state index contributed by atoms with van der Waals surface area (Å²) in [6, 6.07) is 7.78. The summed E-state index contributed by atoms with van der Waals surface area (Å²) in [5.41, 5.74) is -2.34. The molecule has 0 aromatic rings. The molecule has 0 fully saturated rings. The summed E-state index contributed by atoms with van der Waals surface area (Å²) in [4.78, 5) is 0.